The van der Waals surface area contributed by atoms with E-state index in [0.717, 1.165) is 0 Å². The topological polar surface area (TPSA) is 88.8 Å². The highest BCUT2D eigenvalue weighted by Gasteiger charge is 2.23. The number of alkyl halides is 2. The van der Waals surface area contributed by atoms with E-state index in [2.05, 4.69) is 9.72 Å². The van der Waals surface area contributed by atoms with Gasteiger partial charge in [0.1, 0.15) is 16.5 Å². The average molecular weight is 384 g/mol. The van der Waals surface area contributed by atoms with Gasteiger partial charge in [0.15, 0.2) is 0 Å². The van der Waals surface area contributed by atoms with Gasteiger partial charge in [-0.15, -0.1) is 0 Å². The summed E-state index contributed by atoms with van der Waals surface area (Å²) in [7, 11) is -3.81. The molecule has 0 spiro atoms. The van der Waals surface area contributed by atoms with Crippen LogP contribution in [0.4, 0.5) is 20.3 Å². The van der Waals surface area contributed by atoms with Crippen LogP contribution >= 0.6 is 0 Å². The molecule has 7 nitrogen and oxygen atoms in total. The number of nitrogens with two attached hydrogens (primary N) is 1. The monoisotopic (exact) mass is 384 g/mol. The van der Waals surface area contributed by atoms with E-state index in [1.807, 2.05) is 9.80 Å². The molecule has 1 fully saturated rings. The molecule has 2 aromatic rings. The molecule has 140 valence electrons. The summed E-state index contributed by atoms with van der Waals surface area (Å²) < 4.78 is 52.2. The van der Waals surface area contributed by atoms with Crippen molar-refractivity contribution < 1.29 is 21.9 Å². The minimum atomic E-state index is -3.81. The Kier molecular flexibility index (Phi) is 5.23. The van der Waals surface area contributed by atoms with Gasteiger partial charge in [-0.05, 0) is 24.3 Å². The summed E-state index contributed by atoms with van der Waals surface area (Å²) in [6.45, 7) is -0.542. The number of sulfonamides is 1. The van der Waals surface area contributed by atoms with E-state index in [1.54, 1.807) is 24.3 Å². The second kappa shape index (κ2) is 7.42. The zero-order valence-electron chi connectivity index (χ0n) is 13.8. The molecule has 3 rings (SSSR count). The summed E-state index contributed by atoms with van der Waals surface area (Å²) >= 11 is 0. The summed E-state index contributed by atoms with van der Waals surface area (Å²) in [6, 6.07) is 9.67. The molecule has 0 radical (unpaired) electrons. The highest BCUT2D eigenvalue weighted by atomic mass is 32.2. The van der Waals surface area contributed by atoms with E-state index in [4.69, 9.17) is 5.14 Å². The van der Waals surface area contributed by atoms with Gasteiger partial charge in [0.2, 0.25) is 10.0 Å². The van der Waals surface area contributed by atoms with E-state index >= 15 is 0 Å². The van der Waals surface area contributed by atoms with Gasteiger partial charge < -0.3 is 14.5 Å². The highest BCUT2D eigenvalue weighted by Crippen LogP contribution is 2.26. The molecular formula is C16H18F2N4O3S. The number of benzene rings is 1. The van der Waals surface area contributed by atoms with Gasteiger partial charge in [0.25, 0.3) is 0 Å². The molecule has 1 saturated heterocycles. The molecule has 0 saturated carbocycles. The van der Waals surface area contributed by atoms with Crippen LogP contribution in [0.1, 0.15) is 0 Å². The molecule has 0 atom stereocenters. The number of primary sulfonamides is 1. The Morgan fingerprint density at radius 3 is 2.27 bits per heavy atom. The van der Waals surface area contributed by atoms with E-state index < -0.39 is 16.6 Å². The number of nitrogens with zero attached hydrogens (tertiary/aromatic N) is 3. The van der Waals surface area contributed by atoms with Gasteiger partial charge in [-0.3, -0.25) is 0 Å². The zero-order chi connectivity index (χ0) is 18.7. The first-order valence-electron chi connectivity index (χ1n) is 7.87. The maximum atomic E-state index is 12.2. The lowest BCUT2D eigenvalue weighted by molar-refractivity contribution is -0.0500. The number of piperazine rings is 1. The quantitative estimate of drug-likeness (QED) is 0.843. The smallest absolute Gasteiger partial charge is 0.387 e. The van der Waals surface area contributed by atoms with Crippen molar-refractivity contribution in [1.29, 1.82) is 0 Å². The van der Waals surface area contributed by atoms with Crippen LogP contribution in [-0.4, -0.2) is 46.2 Å². The Hall–Kier alpha value is -2.46. The number of para-hydroxylation sites is 1. The fourth-order valence-electron chi connectivity index (χ4n) is 2.87. The number of ether oxygens (including phenoxy) is 1. The normalized spacial score (nSPS) is 15.4. The Morgan fingerprint density at radius 2 is 1.69 bits per heavy atom. The van der Waals surface area contributed by atoms with Crippen molar-refractivity contribution in [2.75, 3.05) is 36.0 Å². The van der Waals surface area contributed by atoms with Crippen molar-refractivity contribution in [2.45, 2.75) is 11.5 Å². The van der Waals surface area contributed by atoms with E-state index in [1.165, 1.54) is 18.3 Å². The first-order valence-corrected chi connectivity index (χ1v) is 9.42. The Balaban J connectivity index is 1.68. The predicted octanol–water partition coefficient (Wildman–Crippen LogP) is 1.66. The second-order valence-corrected chi connectivity index (χ2v) is 7.25. The van der Waals surface area contributed by atoms with Gasteiger partial charge in [0.05, 0.1) is 11.9 Å². The number of pyridine rings is 1. The molecule has 0 aliphatic carbocycles. The van der Waals surface area contributed by atoms with Crippen LogP contribution in [0.25, 0.3) is 0 Å². The van der Waals surface area contributed by atoms with Crippen molar-refractivity contribution in [3.05, 3.63) is 42.6 Å². The van der Waals surface area contributed by atoms with Crippen LogP contribution in [0.3, 0.4) is 0 Å². The molecule has 1 aromatic heterocycles. The van der Waals surface area contributed by atoms with Crippen LogP contribution in [0, 0.1) is 0 Å². The van der Waals surface area contributed by atoms with Crippen molar-refractivity contribution in [2.24, 2.45) is 5.14 Å². The third-order valence-corrected chi connectivity index (χ3v) is 5.02. The number of hydrogen-bond acceptors (Lipinski definition) is 6. The first-order chi connectivity index (χ1) is 12.3. The van der Waals surface area contributed by atoms with Crippen LogP contribution < -0.4 is 19.7 Å². The van der Waals surface area contributed by atoms with Crippen molar-refractivity contribution in [1.82, 2.24) is 4.98 Å². The van der Waals surface area contributed by atoms with Gasteiger partial charge in [-0.2, -0.15) is 8.78 Å². The average Bonchev–Trinajstić information content (AvgIpc) is 2.61. The number of anilines is 2. The van der Waals surface area contributed by atoms with Crippen molar-refractivity contribution >= 4 is 21.5 Å². The Bertz CT molecular complexity index is 854. The number of halogens is 2. The third kappa shape index (κ3) is 4.20. The summed E-state index contributed by atoms with van der Waals surface area (Å²) in [6.07, 6.45) is 1.25. The molecule has 0 amide bonds. The number of hydrogen-bond donors (Lipinski definition) is 1. The summed E-state index contributed by atoms with van der Waals surface area (Å²) in [5, 5.41) is 5.29. The minimum Gasteiger partial charge on any atom is -0.433 e. The molecule has 1 aliphatic heterocycles. The zero-order valence-corrected chi connectivity index (χ0v) is 14.6. The maximum Gasteiger partial charge on any atom is 0.387 e. The molecule has 26 heavy (non-hydrogen) atoms. The maximum absolute atomic E-state index is 12.2. The van der Waals surface area contributed by atoms with Crippen LogP contribution in [0.15, 0.2) is 47.5 Å². The molecular weight excluding hydrogens is 366 g/mol. The van der Waals surface area contributed by atoms with Crippen LogP contribution in [0.2, 0.25) is 0 Å². The van der Waals surface area contributed by atoms with Gasteiger partial charge in [0, 0.05) is 26.2 Å². The predicted molar refractivity (Wildman–Crippen MR) is 93.1 cm³/mol. The van der Waals surface area contributed by atoms with Gasteiger partial charge in [-0.1, -0.05) is 12.1 Å². The lowest BCUT2D eigenvalue weighted by Gasteiger charge is -2.37. The summed E-state index contributed by atoms with van der Waals surface area (Å²) in [5.74, 6) is 0.649. The van der Waals surface area contributed by atoms with Crippen molar-refractivity contribution in [3.8, 4) is 5.75 Å². The molecule has 1 aliphatic rings. The molecule has 10 heteroatoms. The number of rotatable bonds is 5. The van der Waals surface area contributed by atoms with Crippen LogP contribution in [-0.2, 0) is 10.0 Å². The molecule has 0 bridgehead atoms. The fraction of sp³-hybridized carbons (Fsp3) is 0.312. The van der Waals surface area contributed by atoms with Gasteiger partial charge in [-0.25, -0.2) is 18.5 Å². The first kappa shape index (κ1) is 18.3. The summed E-state index contributed by atoms with van der Waals surface area (Å²) in [4.78, 5) is 8.18. The van der Waals surface area contributed by atoms with E-state index in [-0.39, 0.29) is 10.6 Å². The lowest BCUT2D eigenvalue weighted by Crippen LogP contribution is -2.47. The van der Waals surface area contributed by atoms with Gasteiger partial charge >= 0.3 is 6.61 Å². The third-order valence-electron chi connectivity index (χ3n) is 4.06. The van der Waals surface area contributed by atoms with Crippen LogP contribution in [0.5, 0.6) is 5.75 Å². The summed E-state index contributed by atoms with van der Waals surface area (Å²) in [5.41, 5.74) is 0.572. The van der Waals surface area contributed by atoms with Crippen molar-refractivity contribution in [3.63, 3.8) is 0 Å². The Morgan fingerprint density at radius 1 is 1.04 bits per heavy atom. The minimum absolute atomic E-state index is 0.00413. The standard InChI is InChI=1S/C16H18F2N4O3S/c17-16(18)25-12-5-6-15(20-11-12)22-9-7-21(8-10-22)13-3-1-2-4-14(13)26(19,23)24/h1-6,11,16H,7-10H2,(H2,19,23,24). The Labute approximate surface area is 150 Å². The molecule has 1 aromatic carbocycles. The highest BCUT2D eigenvalue weighted by molar-refractivity contribution is 7.89. The SMILES string of the molecule is NS(=O)(=O)c1ccccc1N1CCN(c2ccc(OC(F)F)cn2)CC1. The molecule has 0 unspecified atom stereocenters. The lowest BCUT2D eigenvalue weighted by atomic mass is 10.2. The molecule has 2 heterocycles. The second-order valence-electron chi connectivity index (χ2n) is 5.72. The van der Waals surface area contributed by atoms with E-state index in [9.17, 15) is 17.2 Å². The number of aromatic nitrogens is 1. The fourth-order valence-corrected chi connectivity index (χ4v) is 3.62. The largest absolute Gasteiger partial charge is 0.433 e. The molecule has 2 N–H and O–H groups in total. The van der Waals surface area contributed by atoms with E-state index in [0.29, 0.717) is 37.7 Å².